The number of hydrazone groups is 1. The normalized spacial score (nSPS) is 16.5. The van der Waals surface area contributed by atoms with Crippen LogP contribution in [0.15, 0.2) is 41.0 Å². The highest BCUT2D eigenvalue weighted by molar-refractivity contribution is 5.98. The summed E-state index contributed by atoms with van der Waals surface area (Å²) in [7, 11) is 0. The second-order valence-electron chi connectivity index (χ2n) is 6.69. The molecule has 1 aromatic rings. The number of hydrogen-bond acceptors (Lipinski definition) is 3. The standard InChI is InChI=1S/C18H24N2O2/c1-13-5-8-15(11-13)19-20-17(21)12-22-16-9-6-14(7-10-16)18(2,3)4/h6-7,9-11H,5,8,12H2,1-4H3,(H,20,21)/b19-15-. The summed E-state index contributed by atoms with van der Waals surface area (Å²) in [5, 5.41) is 4.09. The predicted molar refractivity (Wildman–Crippen MR) is 89.2 cm³/mol. The monoisotopic (exact) mass is 300 g/mol. The Hall–Kier alpha value is -2.10. The fourth-order valence-corrected chi connectivity index (χ4v) is 2.21. The maximum Gasteiger partial charge on any atom is 0.277 e. The van der Waals surface area contributed by atoms with E-state index in [1.54, 1.807) is 0 Å². The number of allylic oxidation sites excluding steroid dienone is 2. The molecule has 118 valence electrons. The zero-order valence-corrected chi connectivity index (χ0v) is 13.8. The molecule has 0 aromatic heterocycles. The van der Waals surface area contributed by atoms with Crippen molar-refractivity contribution in [3.63, 3.8) is 0 Å². The van der Waals surface area contributed by atoms with Gasteiger partial charge < -0.3 is 4.74 Å². The van der Waals surface area contributed by atoms with Crippen LogP contribution in [-0.4, -0.2) is 18.2 Å². The van der Waals surface area contributed by atoms with E-state index >= 15 is 0 Å². The lowest BCUT2D eigenvalue weighted by molar-refractivity contribution is -0.123. The molecule has 0 unspecified atom stereocenters. The third kappa shape index (κ3) is 4.72. The largest absolute Gasteiger partial charge is 0.484 e. The molecule has 2 rings (SSSR count). The first-order valence-electron chi connectivity index (χ1n) is 7.60. The summed E-state index contributed by atoms with van der Waals surface area (Å²) in [6.45, 7) is 8.51. The zero-order valence-electron chi connectivity index (χ0n) is 13.8. The van der Waals surface area contributed by atoms with Gasteiger partial charge >= 0.3 is 0 Å². The SMILES string of the molecule is CC1=C/C(=N\NC(=O)COc2ccc(C(C)(C)C)cc2)CC1. The summed E-state index contributed by atoms with van der Waals surface area (Å²) in [5.41, 5.74) is 6.09. The average Bonchev–Trinajstić information content (AvgIpc) is 2.88. The molecule has 4 heteroatoms. The van der Waals surface area contributed by atoms with Gasteiger partial charge in [0.1, 0.15) is 5.75 Å². The molecule has 1 N–H and O–H groups in total. The maximum atomic E-state index is 11.7. The molecule has 1 aliphatic carbocycles. The lowest BCUT2D eigenvalue weighted by atomic mass is 9.87. The van der Waals surface area contributed by atoms with Crippen molar-refractivity contribution in [1.29, 1.82) is 0 Å². The summed E-state index contributed by atoms with van der Waals surface area (Å²) < 4.78 is 5.48. The summed E-state index contributed by atoms with van der Waals surface area (Å²) in [5.74, 6) is 0.442. The first kappa shape index (κ1) is 16.3. The molecule has 22 heavy (non-hydrogen) atoms. The van der Waals surface area contributed by atoms with Crippen LogP contribution in [0.4, 0.5) is 0 Å². The number of amides is 1. The van der Waals surface area contributed by atoms with Crippen molar-refractivity contribution in [3.05, 3.63) is 41.5 Å². The number of ether oxygens (including phenoxy) is 1. The highest BCUT2D eigenvalue weighted by Gasteiger charge is 2.13. The van der Waals surface area contributed by atoms with Crippen molar-refractivity contribution in [2.75, 3.05) is 6.61 Å². The van der Waals surface area contributed by atoms with Crippen LogP contribution >= 0.6 is 0 Å². The van der Waals surface area contributed by atoms with Crippen molar-refractivity contribution < 1.29 is 9.53 Å². The van der Waals surface area contributed by atoms with Gasteiger partial charge in [-0.2, -0.15) is 5.10 Å². The van der Waals surface area contributed by atoms with Crippen LogP contribution in [-0.2, 0) is 10.2 Å². The van der Waals surface area contributed by atoms with Gasteiger partial charge in [-0.1, -0.05) is 38.5 Å². The molecule has 0 heterocycles. The third-order valence-electron chi connectivity index (χ3n) is 3.60. The van der Waals surface area contributed by atoms with Crippen molar-refractivity contribution >= 4 is 11.6 Å². The lowest BCUT2D eigenvalue weighted by Crippen LogP contribution is -2.25. The van der Waals surface area contributed by atoms with Gasteiger partial charge in [-0.25, -0.2) is 5.43 Å². The molecule has 1 amide bonds. The molecule has 1 aliphatic rings. The van der Waals surface area contributed by atoms with Crippen molar-refractivity contribution in [2.24, 2.45) is 5.10 Å². The van der Waals surface area contributed by atoms with Crippen LogP contribution in [0, 0.1) is 0 Å². The zero-order chi connectivity index (χ0) is 16.2. The van der Waals surface area contributed by atoms with Crippen LogP contribution in [0.1, 0.15) is 46.1 Å². The van der Waals surface area contributed by atoms with E-state index < -0.39 is 0 Å². The Morgan fingerprint density at radius 3 is 2.45 bits per heavy atom. The Labute approximate surface area is 132 Å². The maximum absolute atomic E-state index is 11.7. The Morgan fingerprint density at radius 1 is 1.23 bits per heavy atom. The summed E-state index contributed by atoms with van der Waals surface area (Å²) in [6.07, 6.45) is 3.92. The van der Waals surface area contributed by atoms with E-state index in [2.05, 4.69) is 38.2 Å². The second kappa shape index (κ2) is 6.77. The van der Waals surface area contributed by atoms with E-state index in [-0.39, 0.29) is 17.9 Å². The number of carbonyl (C=O) groups excluding carboxylic acids is 1. The number of nitrogens with zero attached hydrogens (tertiary/aromatic N) is 1. The fraction of sp³-hybridized carbons (Fsp3) is 0.444. The van der Waals surface area contributed by atoms with Crippen LogP contribution in [0.3, 0.4) is 0 Å². The Bertz CT molecular complexity index is 593. The van der Waals surface area contributed by atoms with Gasteiger partial charge in [0.15, 0.2) is 6.61 Å². The fourth-order valence-electron chi connectivity index (χ4n) is 2.21. The molecule has 0 aliphatic heterocycles. The molecule has 0 spiro atoms. The molecule has 0 saturated carbocycles. The first-order chi connectivity index (χ1) is 10.3. The average molecular weight is 300 g/mol. The minimum atomic E-state index is -0.245. The van der Waals surface area contributed by atoms with E-state index in [1.165, 1.54) is 11.1 Å². The summed E-state index contributed by atoms with van der Waals surface area (Å²) in [6, 6.07) is 7.84. The molecule has 0 radical (unpaired) electrons. The van der Waals surface area contributed by atoms with E-state index in [4.69, 9.17) is 4.74 Å². The van der Waals surface area contributed by atoms with E-state index in [0.717, 1.165) is 18.6 Å². The third-order valence-corrected chi connectivity index (χ3v) is 3.60. The highest BCUT2D eigenvalue weighted by atomic mass is 16.5. The predicted octanol–water partition coefficient (Wildman–Crippen LogP) is 3.58. The summed E-state index contributed by atoms with van der Waals surface area (Å²) in [4.78, 5) is 11.7. The molecule has 0 fully saturated rings. The lowest BCUT2D eigenvalue weighted by Gasteiger charge is -2.19. The number of hydrogen-bond donors (Lipinski definition) is 1. The number of benzene rings is 1. The van der Waals surface area contributed by atoms with Crippen LogP contribution in [0.2, 0.25) is 0 Å². The topological polar surface area (TPSA) is 50.7 Å². The Morgan fingerprint density at radius 2 is 1.91 bits per heavy atom. The minimum absolute atomic E-state index is 0.0334. The Kier molecular flexibility index (Phi) is 5.01. The molecule has 4 nitrogen and oxygen atoms in total. The van der Waals surface area contributed by atoms with Gasteiger partial charge in [0.05, 0.1) is 5.71 Å². The van der Waals surface area contributed by atoms with Gasteiger partial charge in [-0.15, -0.1) is 0 Å². The van der Waals surface area contributed by atoms with Crippen molar-refractivity contribution in [3.8, 4) is 5.75 Å². The molecule has 1 aromatic carbocycles. The molecular weight excluding hydrogens is 276 g/mol. The van der Waals surface area contributed by atoms with Gasteiger partial charge in [-0.05, 0) is 49.0 Å². The van der Waals surface area contributed by atoms with Crippen LogP contribution < -0.4 is 10.2 Å². The molecular formula is C18H24N2O2. The molecule has 0 saturated heterocycles. The van der Waals surface area contributed by atoms with Crippen molar-refractivity contribution in [1.82, 2.24) is 5.43 Å². The second-order valence-corrected chi connectivity index (χ2v) is 6.69. The van der Waals surface area contributed by atoms with Gasteiger partial charge in [0.2, 0.25) is 0 Å². The van der Waals surface area contributed by atoms with E-state index in [0.29, 0.717) is 5.75 Å². The first-order valence-corrected chi connectivity index (χ1v) is 7.60. The smallest absolute Gasteiger partial charge is 0.277 e. The minimum Gasteiger partial charge on any atom is -0.484 e. The van der Waals surface area contributed by atoms with Crippen LogP contribution in [0.5, 0.6) is 5.75 Å². The van der Waals surface area contributed by atoms with Crippen LogP contribution in [0.25, 0.3) is 0 Å². The van der Waals surface area contributed by atoms with Crippen molar-refractivity contribution in [2.45, 2.75) is 46.0 Å². The number of rotatable bonds is 4. The van der Waals surface area contributed by atoms with Gasteiger partial charge in [0, 0.05) is 0 Å². The molecule has 0 atom stereocenters. The number of carbonyl (C=O) groups is 1. The van der Waals surface area contributed by atoms with Gasteiger partial charge in [-0.3, -0.25) is 4.79 Å². The van der Waals surface area contributed by atoms with E-state index in [9.17, 15) is 4.79 Å². The number of nitrogens with one attached hydrogen (secondary N) is 1. The highest BCUT2D eigenvalue weighted by Crippen LogP contribution is 2.24. The van der Waals surface area contributed by atoms with Gasteiger partial charge in [0.25, 0.3) is 5.91 Å². The molecule has 0 bridgehead atoms. The Balaban J connectivity index is 1.81. The summed E-state index contributed by atoms with van der Waals surface area (Å²) >= 11 is 0. The quantitative estimate of drug-likeness (QED) is 0.864. The van der Waals surface area contributed by atoms with E-state index in [1.807, 2.05) is 30.3 Å².